The van der Waals surface area contributed by atoms with Crippen molar-refractivity contribution in [3.05, 3.63) is 76.7 Å². The van der Waals surface area contributed by atoms with Gasteiger partial charge in [0.15, 0.2) is 0 Å². The van der Waals surface area contributed by atoms with E-state index in [9.17, 15) is 9.59 Å². The fourth-order valence-electron chi connectivity index (χ4n) is 3.03. The van der Waals surface area contributed by atoms with E-state index in [2.05, 4.69) is 34.4 Å². The van der Waals surface area contributed by atoms with Gasteiger partial charge in [-0.1, -0.05) is 42.5 Å². The van der Waals surface area contributed by atoms with Crippen molar-refractivity contribution in [3.8, 4) is 0 Å². The van der Waals surface area contributed by atoms with Gasteiger partial charge in [-0.25, -0.2) is 4.98 Å². The molecule has 6 nitrogen and oxygen atoms in total. The van der Waals surface area contributed by atoms with Crippen molar-refractivity contribution in [2.45, 2.75) is 19.5 Å². The van der Waals surface area contributed by atoms with Crippen LogP contribution in [-0.4, -0.2) is 40.5 Å². The highest BCUT2D eigenvalue weighted by Crippen LogP contribution is 2.08. The van der Waals surface area contributed by atoms with Gasteiger partial charge in [0.25, 0.3) is 5.56 Å². The Morgan fingerprint density at radius 1 is 1.11 bits per heavy atom. The van der Waals surface area contributed by atoms with E-state index < -0.39 is 0 Å². The monoisotopic (exact) mass is 364 g/mol. The summed E-state index contributed by atoms with van der Waals surface area (Å²) in [5.41, 5.74) is 2.37. The van der Waals surface area contributed by atoms with Gasteiger partial charge in [0.05, 0.1) is 17.2 Å². The first kappa shape index (κ1) is 18.8. The maximum Gasteiger partial charge on any atom is 0.269 e. The highest BCUT2D eigenvalue weighted by Gasteiger charge is 2.08. The van der Waals surface area contributed by atoms with Crippen LogP contribution in [0.2, 0.25) is 0 Å². The molecule has 140 valence electrons. The zero-order chi connectivity index (χ0) is 19.1. The number of amides is 1. The topological polar surface area (TPSA) is 67.2 Å². The molecule has 0 radical (unpaired) electrons. The van der Waals surface area contributed by atoms with Gasteiger partial charge in [-0.05, 0) is 37.7 Å². The highest BCUT2D eigenvalue weighted by atomic mass is 16.2. The number of nitrogens with zero attached hydrogens (tertiary/aromatic N) is 3. The summed E-state index contributed by atoms with van der Waals surface area (Å²) in [6, 6.07) is 17.6. The molecule has 2 aromatic carbocycles. The van der Waals surface area contributed by atoms with Crippen LogP contribution in [0, 0.1) is 0 Å². The molecule has 27 heavy (non-hydrogen) atoms. The number of benzene rings is 2. The summed E-state index contributed by atoms with van der Waals surface area (Å²) in [6.07, 6.45) is 2.11. The summed E-state index contributed by atoms with van der Waals surface area (Å²) in [7, 11) is 2.07. The Balaban J connectivity index is 1.47. The summed E-state index contributed by atoms with van der Waals surface area (Å²) in [4.78, 5) is 30.6. The minimum absolute atomic E-state index is 0.00171. The molecule has 1 N–H and O–H groups in total. The van der Waals surface area contributed by atoms with Crippen molar-refractivity contribution in [1.29, 1.82) is 0 Å². The van der Waals surface area contributed by atoms with E-state index in [0.717, 1.165) is 19.5 Å². The Morgan fingerprint density at radius 2 is 1.85 bits per heavy atom. The summed E-state index contributed by atoms with van der Waals surface area (Å²) in [5, 5.41) is 2.90. The summed E-state index contributed by atoms with van der Waals surface area (Å²) >= 11 is 0. The summed E-state index contributed by atoms with van der Waals surface area (Å²) < 4.78 is 1.46. The number of rotatable bonds is 8. The second kappa shape index (κ2) is 9.09. The number of hydrogen-bond donors (Lipinski definition) is 1. The molecule has 0 atom stereocenters. The number of carbonyl (C=O) groups is 1. The third kappa shape index (κ3) is 5.24. The van der Waals surface area contributed by atoms with Crippen LogP contribution in [-0.2, 0) is 17.9 Å². The van der Waals surface area contributed by atoms with Crippen molar-refractivity contribution in [2.75, 3.05) is 20.1 Å². The zero-order valence-corrected chi connectivity index (χ0v) is 15.5. The molecule has 0 aliphatic carbocycles. The van der Waals surface area contributed by atoms with Crippen molar-refractivity contribution in [1.82, 2.24) is 19.8 Å². The fourth-order valence-corrected chi connectivity index (χ4v) is 3.03. The van der Waals surface area contributed by atoms with Crippen LogP contribution < -0.4 is 10.9 Å². The molecule has 1 heterocycles. The van der Waals surface area contributed by atoms with Crippen molar-refractivity contribution in [2.24, 2.45) is 0 Å². The number of para-hydroxylation sites is 2. The Bertz CT molecular complexity index is 953. The number of aromatic nitrogens is 2. The van der Waals surface area contributed by atoms with E-state index in [-0.39, 0.29) is 18.0 Å². The number of nitrogens with one attached hydrogen (secondary N) is 1. The summed E-state index contributed by atoms with van der Waals surface area (Å²) in [6.45, 7) is 2.35. The molecule has 3 aromatic rings. The van der Waals surface area contributed by atoms with E-state index in [4.69, 9.17) is 0 Å². The van der Waals surface area contributed by atoms with Gasteiger partial charge in [0.1, 0.15) is 6.54 Å². The van der Waals surface area contributed by atoms with Gasteiger partial charge >= 0.3 is 0 Å². The SMILES string of the molecule is CN(CCCNC(=O)Cn1c(=O)cnc2ccccc21)Cc1ccccc1. The molecule has 1 aromatic heterocycles. The molecule has 0 saturated carbocycles. The third-order valence-electron chi connectivity index (χ3n) is 4.39. The molecule has 0 bridgehead atoms. The first-order valence-corrected chi connectivity index (χ1v) is 9.07. The van der Waals surface area contributed by atoms with E-state index in [1.807, 2.05) is 36.4 Å². The summed E-state index contributed by atoms with van der Waals surface area (Å²) in [5.74, 6) is -0.167. The molecule has 0 saturated heterocycles. The molecule has 0 fully saturated rings. The van der Waals surface area contributed by atoms with Crippen LogP contribution in [0.5, 0.6) is 0 Å². The molecular weight excluding hydrogens is 340 g/mol. The van der Waals surface area contributed by atoms with Gasteiger partial charge in [0, 0.05) is 13.1 Å². The Labute approximate surface area is 158 Å². The van der Waals surface area contributed by atoms with Crippen LogP contribution in [0.25, 0.3) is 11.0 Å². The molecule has 3 rings (SSSR count). The quantitative estimate of drug-likeness (QED) is 0.621. The average Bonchev–Trinajstić information content (AvgIpc) is 2.68. The van der Waals surface area contributed by atoms with Gasteiger partial charge in [-0.3, -0.25) is 14.2 Å². The molecular formula is C21H24N4O2. The average molecular weight is 364 g/mol. The van der Waals surface area contributed by atoms with E-state index >= 15 is 0 Å². The van der Waals surface area contributed by atoms with Crippen molar-refractivity contribution in [3.63, 3.8) is 0 Å². The maximum absolute atomic E-state index is 12.2. The largest absolute Gasteiger partial charge is 0.355 e. The number of carbonyl (C=O) groups excluding carboxylic acids is 1. The Morgan fingerprint density at radius 3 is 2.67 bits per heavy atom. The predicted molar refractivity (Wildman–Crippen MR) is 106 cm³/mol. The molecule has 6 heteroatoms. The smallest absolute Gasteiger partial charge is 0.269 e. The minimum Gasteiger partial charge on any atom is -0.355 e. The lowest BCUT2D eigenvalue weighted by Crippen LogP contribution is -2.34. The van der Waals surface area contributed by atoms with E-state index in [0.29, 0.717) is 17.6 Å². The molecule has 1 amide bonds. The van der Waals surface area contributed by atoms with Gasteiger partial charge in [-0.15, -0.1) is 0 Å². The second-order valence-electron chi connectivity index (χ2n) is 6.60. The van der Waals surface area contributed by atoms with Crippen molar-refractivity contribution >= 4 is 16.9 Å². The maximum atomic E-state index is 12.2. The van der Waals surface area contributed by atoms with E-state index in [1.54, 1.807) is 6.07 Å². The molecule has 0 spiro atoms. The van der Waals surface area contributed by atoms with Crippen LogP contribution in [0.4, 0.5) is 0 Å². The first-order chi connectivity index (χ1) is 13.1. The minimum atomic E-state index is -0.272. The van der Waals surface area contributed by atoms with Crippen LogP contribution >= 0.6 is 0 Å². The van der Waals surface area contributed by atoms with Crippen LogP contribution in [0.3, 0.4) is 0 Å². The third-order valence-corrected chi connectivity index (χ3v) is 4.39. The van der Waals surface area contributed by atoms with Crippen LogP contribution in [0.15, 0.2) is 65.6 Å². The molecule has 0 aliphatic rings. The number of hydrogen-bond acceptors (Lipinski definition) is 4. The van der Waals surface area contributed by atoms with Crippen LogP contribution in [0.1, 0.15) is 12.0 Å². The predicted octanol–water partition coefficient (Wildman–Crippen LogP) is 2.03. The second-order valence-corrected chi connectivity index (χ2v) is 6.60. The lowest BCUT2D eigenvalue weighted by Gasteiger charge is -2.17. The van der Waals surface area contributed by atoms with Gasteiger partial charge in [0.2, 0.25) is 5.91 Å². The lowest BCUT2D eigenvalue weighted by molar-refractivity contribution is -0.121. The van der Waals surface area contributed by atoms with Gasteiger partial charge in [-0.2, -0.15) is 0 Å². The van der Waals surface area contributed by atoms with E-state index in [1.165, 1.54) is 16.3 Å². The standard InChI is InChI=1S/C21H24N4O2/c1-24(15-17-8-3-2-4-9-17)13-7-12-22-20(26)16-25-19-11-6-5-10-18(19)23-14-21(25)27/h2-6,8-11,14H,7,12-13,15-16H2,1H3,(H,22,26). The normalized spacial score (nSPS) is 11.0. The zero-order valence-electron chi connectivity index (χ0n) is 15.5. The Kier molecular flexibility index (Phi) is 6.33. The molecule has 0 unspecified atom stereocenters. The van der Waals surface area contributed by atoms with Gasteiger partial charge < -0.3 is 10.2 Å². The fraction of sp³-hybridized carbons (Fsp3) is 0.286. The first-order valence-electron chi connectivity index (χ1n) is 9.07. The highest BCUT2D eigenvalue weighted by molar-refractivity contribution is 5.79. The van der Waals surface area contributed by atoms with Crippen molar-refractivity contribution < 1.29 is 4.79 Å². The molecule has 0 aliphatic heterocycles. The Hall–Kier alpha value is -2.99. The number of fused-ring (bicyclic) bond motifs is 1. The lowest BCUT2D eigenvalue weighted by atomic mass is 10.2.